The molecule has 10 heteroatoms. The van der Waals surface area contributed by atoms with Gasteiger partial charge in [-0.05, 0) is 26.0 Å². The van der Waals surface area contributed by atoms with Gasteiger partial charge < -0.3 is 19.6 Å². The number of aryl methyl sites for hydroxylation is 2. The second-order valence-corrected chi connectivity index (χ2v) is 7.94. The van der Waals surface area contributed by atoms with E-state index in [1.807, 2.05) is 30.9 Å². The molecular formula is C21H23N7O3. The van der Waals surface area contributed by atoms with E-state index in [-0.39, 0.29) is 24.2 Å². The Morgan fingerprint density at radius 1 is 1.19 bits per heavy atom. The molecule has 0 aromatic carbocycles. The fraction of sp³-hybridized carbons (Fsp3) is 0.381. The van der Waals surface area contributed by atoms with Crippen LogP contribution in [0.4, 0.5) is 10.5 Å². The van der Waals surface area contributed by atoms with Gasteiger partial charge >= 0.3 is 6.03 Å². The third-order valence-electron chi connectivity index (χ3n) is 5.93. The van der Waals surface area contributed by atoms with Crippen LogP contribution in [0.15, 0.2) is 39.9 Å². The van der Waals surface area contributed by atoms with Crippen LogP contribution in [0.1, 0.15) is 17.0 Å². The summed E-state index contributed by atoms with van der Waals surface area (Å²) in [6.07, 6.45) is 3.45. The molecule has 160 valence electrons. The van der Waals surface area contributed by atoms with E-state index in [0.29, 0.717) is 37.6 Å². The number of hydrogen-bond acceptors (Lipinski definition) is 7. The summed E-state index contributed by atoms with van der Waals surface area (Å²) in [5.74, 6) is 0.642. The third-order valence-corrected chi connectivity index (χ3v) is 5.93. The number of fused-ring (bicyclic) bond motifs is 1. The first-order chi connectivity index (χ1) is 15.0. The summed E-state index contributed by atoms with van der Waals surface area (Å²) >= 11 is 0. The smallest absolute Gasteiger partial charge is 0.317 e. The van der Waals surface area contributed by atoms with Gasteiger partial charge in [0.15, 0.2) is 0 Å². The predicted molar refractivity (Wildman–Crippen MR) is 113 cm³/mol. The highest BCUT2D eigenvalue weighted by Gasteiger charge is 2.35. The number of carbonyl (C=O) groups excluding carboxylic acids is 1. The number of pyridine rings is 1. The van der Waals surface area contributed by atoms with Crippen LogP contribution in [0.2, 0.25) is 0 Å². The van der Waals surface area contributed by atoms with Crippen molar-refractivity contribution in [2.24, 2.45) is 0 Å². The molecule has 0 bridgehead atoms. The van der Waals surface area contributed by atoms with Gasteiger partial charge in [-0.15, -0.1) is 0 Å². The molecule has 0 saturated carbocycles. The van der Waals surface area contributed by atoms with Gasteiger partial charge in [-0.25, -0.2) is 9.48 Å². The van der Waals surface area contributed by atoms with Crippen molar-refractivity contribution in [3.63, 3.8) is 0 Å². The van der Waals surface area contributed by atoms with Crippen molar-refractivity contribution in [2.45, 2.75) is 26.4 Å². The maximum Gasteiger partial charge on any atom is 0.317 e. The molecule has 1 N–H and O–H groups in total. The van der Waals surface area contributed by atoms with Crippen LogP contribution < -0.4 is 15.8 Å². The largest absolute Gasteiger partial charge is 0.366 e. The van der Waals surface area contributed by atoms with E-state index in [2.05, 4.69) is 25.5 Å². The topological polar surface area (TPSA) is 109 Å². The van der Waals surface area contributed by atoms with Gasteiger partial charge in [0.25, 0.3) is 5.56 Å². The minimum atomic E-state index is -0.200. The Kier molecular flexibility index (Phi) is 4.68. The summed E-state index contributed by atoms with van der Waals surface area (Å²) in [6, 6.07) is 5.55. The molecule has 10 nitrogen and oxygen atoms in total. The zero-order valence-corrected chi connectivity index (χ0v) is 17.4. The second kappa shape index (κ2) is 7.53. The standard InChI is InChI=1S/C21H23N7O3/c1-13-3-4-15(8-22-13)20-18(14(2)31-25-20)12-28-19(29)7-16(10-24-28)26-5-6-27-17(11-26)9-23-21(27)30/h3-4,7-8,10,17H,5-6,9,11-12H2,1-2H3,(H,23,30). The molecule has 2 aliphatic rings. The number of rotatable bonds is 4. The van der Waals surface area contributed by atoms with Crippen LogP contribution in [-0.4, -0.2) is 63.1 Å². The number of carbonyl (C=O) groups is 1. The zero-order chi connectivity index (χ0) is 21.5. The number of anilines is 1. The molecule has 2 amide bonds. The summed E-state index contributed by atoms with van der Waals surface area (Å²) in [4.78, 5) is 32.9. The Morgan fingerprint density at radius 2 is 2.06 bits per heavy atom. The maximum atomic E-state index is 12.8. The van der Waals surface area contributed by atoms with E-state index < -0.39 is 0 Å². The number of nitrogens with one attached hydrogen (secondary N) is 1. The number of amides is 2. The molecule has 3 aromatic rings. The Morgan fingerprint density at radius 3 is 2.84 bits per heavy atom. The van der Waals surface area contributed by atoms with Crippen LogP contribution in [0.25, 0.3) is 11.3 Å². The van der Waals surface area contributed by atoms with Crippen molar-refractivity contribution in [3.05, 3.63) is 58.0 Å². The average Bonchev–Trinajstić information content (AvgIpc) is 3.32. The first-order valence-electron chi connectivity index (χ1n) is 10.2. The molecule has 2 aliphatic heterocycles. The van der Waals surface area contributed by atoms with E-state index in [4.69, 9.17) is 4.52 Å². The minimum Gasteiger partial charge on any atom is -0.366 e. The molecule has 2 saturated heterocycles. The molecule has 31 heavy (non-hydrogen) atoms. The molecule has 0 aliphatic carbocycles. The van der Waals surface area contributed by atoms with E-state index in [1.165, 1.54) is 4.68 Å². The highest BCUT2D eigenvalue weighted by Crippen LogP contribution is 2.25. The summed E-state index contributed by atoms with van der Waals surface area (Å²) in [6.45, 7) is 6.61. The lowest BCUT2D eigenvalue weighted by atomic mass is 10.1. The van der Waals surface area contributed by atoms with Crippen LogP contribution >= 0.6 is 0 Å². The summed E-state index contributed by atoms with van der Waals surface area (Å²) in [5, 5.41) is 11.4. The maximum absolute atomic E-state index is 12.8. The van der Waals surface area contributed by atoms with Gasteiger partial charge in [0.1, 0.15) is 11.5 Å². The van der Waals surface area contributed by atoms with Gasteiger partial charge in [0.2, 0.25) is 0 Å². The van der Waals surface area contributed by atoms with Crippen LogP contribution in [-0.2, 0) is 6.54 Å². The van der Waals surface area contributed by atoms with E-state index >= 15 is 0 Å². The first kappa shape index (κ1) is 19.3. The summed E-state index contributed by atoms with van der Waals surface area (Å²) < 4.78 is 6.80. The molecule has 1 atom stereocenters. The molecule has 3 aromatic heterocycles. The highest BCUT2D eigenvalue weighted by atomic mass is 16.5. The van der Waals surface area contributed by atoms with E-state index in [9.17, 15) is 9.59 Å². The summed E-state index contributed by atoms with van der Waals surface area (Å²) in [5.41, 5.74) is 3.78. The molecule has 2 fully saturated rings. The fourth-order valence-electron chi connectivity index (χ4n) is 4.12. The summed E-state index contributed by atoms with van der Waals surface area (Å²) in [7, 11) is 0. The normalized spacial score (nSPS) is 18.3. The van der Waals surface area contributed by atoms with Crippen molar-refractivity contribution < 1.29 is 9.32 Å². The van der Waals surface area contributed by atoms with Crippen molar-refractivity contribution in [1.82, 2.24) is 30.1 Å². The predicted octanol–water partition coefficient (Wildman–Crippen LogP) is 1.17. The van der Waals surface area contributed by atoms with Crippen molar-refractivity contribution in [1.29, 1.82) is 0 Å². The molecule has 5 heterocycles. The van der Waals surface area contributed by atoms with Crippen molar-refractivity contribution in [3.8, 4) is 11.3 Å². The molecule has 0 spiro atoms. The molecule has 1 unspecified atom stereocenters. The van der Waals surface area contributed by atoms with E-state index in [1.54, 1.807) is 18.5 Å². The number of hydrogen-bond donors (Lipinski definition) is 1. The van der Waals surface area contributed by atoms with Crippen molar-refractivity contribution >= 4 is 11.7 Å². The Hall–Kier alpha value is -3.69. The molecular weight excluding hydrogens is 398 g/mol. The van der Waals surface area contributed by atoms with Gasteiger partial charge in [-0.1, -0.05) is 5.16 Å². The van der Waals surface area contributed by atoms with Gasteiger partial charge in [-0.2, -0.15) is 5.10 Å². The number of urea groups is 1. The third kappa shape index (κ3) is 3.54. The lowest BCUT2D eigenvalue weighted by molar-refractivity contribution is 0.197. The number of nitrogens with zero attached hydrogens (tertiary/aromatic N) is 6. The van der Waals surface area contributed by atoms with E-state index in [0.717, 1.165) is 22.5 Å². The Labute approximate surface area is 178 Å². The van der Waals surface area contributed by atoms with Gasteiger partial charge in [0.05, 0.1) is 24.5 Å². The van der Waals surface area contributed by atoms with Crippen LogP contribution in [0.3, 0.4) is 0 Å². The molecule has 0 radical (unpaired) electrons. The van der Waals surface area contributed by atoms with Gasteiger partial charge in [0, 0.05) is 55.3 Å². The lowest BCUT2D eigenvalue weighted by Crippen LogP contribution is -2.52. The second-order valence-electron chi connectivity index (χ2n) is 7.94. The number of piperazine rings is 1. The van der Waals surface area contributed by atoms with Crippen molar-refractivity contribution in [2.75, 3.05) is 31.1 Å². The first-order valence-corrected chi connectivity index (χ1v) is 10.2. The highest BCUT2D eigenvalue weighted by molar-refractivity contribution is 5.77. The fourth-order valence-corrected chi connectivity index (χ4v) is 4.12. The number of aromatic nitrogens is 4. The lowest BCUT2D eigenvalue weighted by Gasteiger charge is -2.37. The SMILES string of the molecule is Cc1ccc(-c2noc(C)c2Cn2ncc(N3CCN4C(=O)NCC4C3)cc2=O)cn1. The van der Waals surface area contributed by atoms with Crippen LogP contribution in [0, 0.1) is 13.8 Å². The van der Waals surface area contributed by atoms with Gasteiger partial charge in [-0.3, -0.25) is 9.78 Å². The quantitative estimate of drug-likeness (QED) is 0.673. The van der Waals surface area contributed by atoms with Crippen LogP contribution in [0.5, 0.6) is 0 Å². The minimum absolute atomic E-state index is 0.0122. The Bertz CT molecular complexity index is 1180. The Balaban J connectivity index is 1.37. The zero-order valence-electron chi connectivity index (χ0n) is 17.4. The monoisotopic (exact) mass is 421 g/mol. The average molecular weight is 421 g/mol. The molecule has 5 rings (SSSR count).